The van der Waals surface area contributed by atoms with E-state index in [1.807, 2.05) is 0 Å². The highest BCUT2D eigenvalue weighted by Crippen LogP contribution is 2.23. The Bertz CT molecular complexity index is 489. The molecule has 0 bridgehead atoms. The smallest absolute Gasteiger partial charge is 0.372 e. The van der Waals surface area contributed by atoms with Gasteiger partial charge in [0.2, 0.25) is 5.95 Å². The quantitative estimate of drug-likeness (QED) is 0.820. The molecule has 2 rings (SSSR count). The molecule has 124 valence electrons. The van der Waals surface area contributed by atoms with Crippen molar-refractivity contribution in [2.24, 2.45) is 5.92 Å². The Kier molecular flexibility index (Phi) is 5.85. The van der Waals surface area contributed by atoms with Gasteiger partial charge < -0.3 is 10.6 Å². The Morgan fingerprint density at radius 2 is 2.05 bits per heavy atom. The lowest BCUT2D eigenvalue weighted by atomic mass is 9.97. The predicted molar refractivity (Wildman–Crippen MR) is 83.0 cm³/mol. The Morgan fingerprint density at radius 1 is 1.36 bits per heavy atom. The van der Waals surface area contributed by atoms with Gasteiger partial charge in [0.15, 0.2) is 0 Å². The molecule has 22 heavy (non-hydrogen) atoms. The number of alkyl halides is 3. The third kappa shape index (κ3) is 5.28. The van der Waals surface area contributed by atoms with E-state index in [2.05, 4.69) is 36.5 Å². The summed E-state index contributed by atoms with van der Waals surface area (Å²) >= 11 is 3.34. The molecule has 1 aromatic rings. The van der Waals surface area contributed by atoms with E-state index < -0.39 is 12.7 Å². The van der Waals surface area contributed by atoms with Crippen molar-refractivity contribution in [3.8, 4) is 0 Å². The van der Waals surface area contributed by atoms with Gasteiger partial charge in [-0.3, -0.25) is 4.90 Å². The van der Waals surface area contributed by atoms with E-state index in [4.69, 9.17) is 0 Å². The maximum Gasteiger partial charge on any atom is 0.401 e. The van der Waals surface area contributed by atoms with Crippen molar-refractivity contribution in [1.82, 2.24) is 14.9 Å². The van der Waals surface area contributed by atoms with Gasteiger partial charge in [0.1, 0.15) is 5.82 Å². The van der Waals surface area contributed by atoms with Crippen LogP contribution in [0.4, 0.5) is 24.9 Å². The van der Waals surface area contributed by atoms with Crippen molar-refractivity contribution >= 4 is 27.7 Å². The number of piperidine rings is 1. The first kappa shape index (κ1) is 17.3. The minimum Gasteiger partial charge on any atom is -0.372 e. The highest BCUT2D eigenvalue weighted by atomic mass is 79.9. The second-order valence-electron chi connectivity index (χ2n) is 5.36. The molecule has 1 aliphatic heterocycles. The molecule has 0 aliphatic carbocycles. The van der Waals surface area contributed by atoms with Crippen LogP contribution >= 0.6 is 15.9 Å². The molecular formula is C13H19BrF3N5. The molecule has 5 nitrogen and oxygen atoms in total. The summed E-state index contributed by atoms with van der Waals surface area (Å²) in [4.78, 5) is 9.93. The van der Waals surface area contributed by atoms with Crippen LogP contribution in [0.25, 0.3) is 0 Å². The van der Waals surface area contributed by atoms with Gasteiger partial charge in [0, 0.05) is 19.8 Å². The molecular weight excluding hydrogens is 363 g/mol. The zero-order valence-electron chi connectivity index (χ0n) is 12.3. The molecule has 1 fully saturated rings. The van der Waals surface area contributed by atoms with E-state index >= 15 is 0 Å². The number of hydrogen-bond donors (Lipinski definition) is 2. The first-order chi connectivity index (χ1) is 10.4. The fraction of sp³-hybridized carbons (Fsp3) is 0.692. The fourth-order valence-electron chi connectivity index (χ4n) is 2.47. The van der Waals surface area contributed by atoms with Crippen molar-refractivity contribution in [2.75, 3.05) is 43.9 Å². The SMILES string of the molecule is CNc1nc(NCC2CCN(CC(F)(F)F)CC2)ncc1Br. The minimum atomic E-state index is -4.11. The van der Waals surface area contributed by atoms with Crippen LogP contribution in [0.3, 0.4) is 0 Å². The van der Waals surface area contributed by atoms with Gasteiger partial charge in [0.05, 0.1) is 11.0 Å². The van der Waals surface area contributed by atoms with E-state index in [1.165, 1.54) is 4.90 Å². The Hall–Kier alpha value is -1.09. The molecule has 0 atom stereocenters. The number of likely N-dealkylation sites (tertiary alicyclic amines) is 1. The zero-order valence-corrected chi connectivity index (χ0v) is 13.8. The van der Waals surface area contributed by atoms with E-state index in [1.54, 1.807) is 13.2 Å². The molecule has 1 aromatic heterocycles. The normalized spacial score (nSPS) is 17.5. The molecule has 0 saturated carbocycles. The molecule has 1 aliphatic rings. The van der Waals surface area contributed by atoms with Gasteiger partial charge in [-0.25, -0.2) is 4.98 Å². The van der Waals surface area contributed by atoms with Crippen LogP contribution in [0.15, 0.2) is 10.7 Å². The first-order valence-corrected chi connectivity index (χ1v) is 7.90. The lowest BCUT2D eigenvalue weighted by Gasteiger charge is -2.32. The standard InChI is InChI=1S/C13H19BrF3N5/c1-18-11-10(14)7-20-12(21-11)19-6-9-2-4-22(5-3-9)8-13(15,16)17/h7,9H,2-6,8H2,1H3,(H2,18,19,20,21). The van der Waals surface area contributed by atoms with Crippen LogP contribution in [0.1, 0.15) is 12.8 Å². The molecule has 0 radical (unpaired) electrons. The summed E-state index contributed by atoms with van der Waals surface area (Å²) in [5.74, 6) is 1.55. The monoisotopic (exact) mass is 381 g/mol. The highest BCUT2D eigenvalue weighted by molar-refractivity contribution is 9.10. The van der Waals surface area contributed by atoms with Crippen molar-refractivity contribution in [3.63, 3.8) is 0 Å². The Morgan fingerprint density at radius 3 is 2.64 bits per heavy atom. The predicted octanol–water partition coefficient (Wildman–Crippen LogP) is 2.97. The van der Waals surface area contributed by atoms with Crippen LogP contribution < -0.4 is 10.6 Å². The molecule has 0 unspecified atom stereocenters. The van der Waals surface area contributed by atoms with Crippen LogP contribution in [-0.4, -0.2) is 54.3 Å². The Balaban J connectivity index is 1.77. The van der Waals surface area contributed by atoms with E-state index in [9.17, 15) is 13.2 Å². The van der Waals surface area contributed by atoms with Crippen LogP contribution in [-0.2, 0) is 0 Å². The third-order valence-electron chi connectivity index (χ3n) is 3.64. The average molecular weight is 382 g/mol. The van der Waals surface area contributed by atoms with E-state index in [0.717, 1.165) is 17.3 Å². The van der Waals surface area contributed by atoms with E-state index in [0.29, 0.717) is 37.3 Å². The summed E-state index contributed by atoms with van der Waals surface area (Å²) in [5, 5.41) is 6.11. The fourth-order valence-corrected chi connectivity index (χ4v) is 2.85. The topological polar surface area (TPSA) is 53.1 Å². The summed E-state index contributed by atoms with van der Waals surface area (Å²) < 4.78 is 37.8. The van der Waals surface area contributed by atoms with Crippen molar-refractivity contribution in [2.45, 2.75) is 19.0 Å². The van der Waals surface area contributed by atoms with Gasteiger partial charge in [0.25, 0.3) is 0 Å². The molecule has 2 N–H and O–H groups in total. The lowest BCUT2D eigenvalue weighted by Crippen LogP contribution is -2.41. The first-order valence-electron chi connectivity index (χ1n) is 7.10. The van der Waals surface area contributed by atoms with E-state index in [-0.39, 0.29) is 0 Å². The second-order valence-corrected chi connectivity index (χ2v) is 6.21. The van der Waals surface area contributed by atoms with Gasteiger partial charge >= 0.3 is 6.18 Å². The van der Waals surface area contributed by atoms with Gasteiger partial charge in [-0.2, -0.15) is 18.2 Å². The van der Waals surface area contributed by atoms with Gasteiger partial charge in [-0.1, -0.05) is 0 Å². The summed E-state index contributed by atoms with van der Waals surface area (Å²) in [6.07, 6.45) is -0.954. The summed E-state index contributed by atoms with van der Waals surface area (Å²) in [5.41, 5.74) is 0. The number of hydrogen-bond acceptors (Lipinski definition) is 5. The zero-order chi connectivity index (χ0) is 16.2. The van der Waals surface area contributed by atoms with Gasteiger partial charge in [-0.05, 0) is 47.8 Å². The van der Waals surface area contributed by atoms with Crippen molar-refractivity contribution in [1.29, 1.82) is 0 Å². The third-order valence-corrected chi connectivity index (χ3v) is 4.22. The summed E-state index contributed by atoms with van der Waals surface area (Å²) in [6.45, 7) is 0.822. The highest BCUT2D eigenvalue weighted by Gasteiger charge is 2.32. The number of anilines is 2. The minimum absolute atomic E-state index is 0.342. The number of halogens is 4. The molecule has 0 amide bonds. The molecule has 0 spiro atoms. The maximum absolute atomic E-state index is 12.3. The van der Waals surface area contributed by atoms with Crippen LogP contribution in [0.5, 0.6) is 0 Å². The molecule has 1 saturated heterocycles. The van der Waals surface area contributed by atoms with Crippen molar-refractivity contribution in [3.05, 3.63) is 10.7 Å². The number of aromatic nitrogens is 2. The number of nitrogens with one attached hydrogen (secondary N) is 2. The summed E-state index contributed by atoms with van der Waals surface area (Å²) in [6, 6.07) is 0. The van der Waals surface area contributed by atoms with Crippen LogP contribution in [0.2, 0.25) is 0 Å². The molecule has 2 heterocycles. The molecule has 0 aromatic carbocycles. The number of nitrogens with zero attached hydrogens (tertiary/aromatic N) is 3. The average Bonchev–Trinajstić information content (AvgIpc) is 2.46. The lowest BCUT2D eigenvalue weighted by molar-refractivity contribution is -0.148. The Labute approximate surface area is 135 Å². The maximum atomic E-state index is 12.3. The van der Waals surface area contributed by atoms with Gasteiger partial charge in [-0.15, -0.1) is 0 Å². The second kappa shape index (κ2) is 7.45. The van der Waals surface area contributed by atoms with Crippen LogP contribution in [0, 0.1) is 5.92 Å². The van der Waals surface area contributed by atoms with Crippen molar-refractivity contribution < 1.29 is 13.2 Å². The summed E-state index contributed by atoms with van der Waals surface area (Å²) in [7, 11) is 1.77. The largest absolute Gasteiger partial charge is 0.401 e. The number of rotatable bonds is 5. The molecule has 9 heteroatoms.